The van der Waals surface area contributed by atoms with Gasteiger partial charge in [0.1, 0.15) is 5.82 Å². The van der Waals surface area contributed by atoms with Gasteiger partial charge in [-0.3, -0.25) is 9.79 Å². The molecule has 158 valence electrons. The number of halogens is 2. The second-order valence-corrected chi connectivity index (χ2v) is 6.17. The maximum absolute atomic E-state index is 13.6. The van der Waals surface area contributed by atoms with Crippen molar-refractivity contribution in [1.82, 2.24) is 16.0 Å². The Bertz CT molecular complexity index is 774. The lowest BCUT2D eigenvalue weighted by Gasteiger charge is -2.15. The van der Waals surface area contributed by atoms with Gasteiger partial charge in [0.05, 0.1) is 18.7 Å². The first-order chi connectivity index (χ1) is 13.7. The van der Waals surface area contributed by atoms with Crippen LogP contribution in [0, 0.1) is 5.82 Å². The Morgan fingerprint density at radius 3 is 2.34 bits per heavy atom. The lowest BCUT2D eigenvalue weighted by atomic mass is 10.0. The molecule has 0 saturated heterocycles. The molecule has 0 aromatic heterocycles. The van der Waals surface area contributed by atoms with Gasteiger partial charge in [0.15, 0.2) is 5.96 Å². The summed E-state index contributed by atoms with van der Waals surface area (Å²) in [6.45, 7) is 3.82. The van der Waals surface area contributed by atoms with Gasteiger partial charge >= 0.3 is 0 Å². The standard InChI is InChI=1S/C21H27FN4O2.HI/c1-2-23-21(26-14-17(15-27)16-8-4-3-5-9-16)25-13-12-24-20(28)18-10-6-7-11-19(18)22;/h3-11,17,27H,2,12-15H2,1H3,(H,24,28)(H2,23,25,26);1H. The van der Waals surface area contributed by atoms with Crippen LogP contribution in [0.5, 0.6) is 0 Å². The van der Waals surface area contributed by atoms with Crippen LogP contribution in [0.3, 0.4) is 0 Å². The molecule has 0 bridgehead atoms. The van der Waals surface area contributed by atoms with Crippen molar-refractivity contribution in [3.8, 4) is 0 Å². The lowest BCUT2D eigenvalue weighted by molar-refractivity contribution is 0.0950. The molecule has 0 heterocycles. The van der Waals surface area contributed by atoms with Gasteiger partial charge in [0.25, 0.3) is 5.91 Å². The quantitative estimate of drug-likeness (QED) is 0.179. The van der Waals surface area contributed by atoms with E-state index in [1.165, 1.54) is 12.1 Å². The van der Waals surface area contributed by atoms with E-state index in [-0.39, 0.29) is 42.1 Å². The van der Waals surface area contributed by atoms with Crippen LogP contribution in [0.4, 0.5) is 4.39 Å². The van der Waals surface area contributed by atoms with Crippen molar-refractivity contribution in [3.63, 3.8) is 0 Å². The summed E-state index contributed by atoms with van der Waals surface area (Å²) in [6.07, 6.45) is 0. The first kappa shape index (κ1) is 24.8. The van der Waals surface area contributed by atoms with Gasteiger partial charge in [-0.1, -0.05) is 42.5 Å². The summed E-state index contributed by atoms with van der Waals surface area (Å²) in [5.41, 5.74) is 1.05. The SMILES string of the molecule is CCNC(=NCC(CO)c1ccccc1)NCCNC(=O)c1ccccc1F.I. The van der Waals surface area contributed by atoms with E-state index in [4.69, 9.17) is 0 Å². The highest BCUT2D eigenvalue weighted by molar-refractivity contribution is 14.0. The predicted octanol–water partition coefficient (Wildman–Crippen LogP) is 2.50. The Labute approximate surface area is 188 Å². The van der Waals surface area contributed by atoms with E-state index < -0.39 is 11.7 Å². The summed E-state index contributed by atoms with van der Waals surface area (Å²) in [4.78, 5) is 16.5. The van der Waals surface area contributed by atoms with Crippen LogP contribution in [0.25, 0.3) is 0 Å². The van der Waals surface area contributed by atoms with Crippen LogP contribution >= 0.6 is 24.0 Å². The number of aliphatic hydroxyl groups is 1. The molecule has 6 nitrogen and oxygen atoms in total. The zero-order chi connectivity index (χ0) is 20.2. The number of aliphatic imine (C=N–C) groups is 1. The topological polar surface area (TPSA) is 85.8 Å². The number of benzene rings is 2. The average molecular weight is 514 g/mol. The zero-order valence-electron chi connectivity index (χ0n) is 16.4. The molecule has 8 heteroatoms. The zero-order valence-corrected chi connectivity index (χ0v) is 18.7. The highest BCUT2D eigenvalue weighted by Gasteiger charge is 2.11. The number of guanidine groups is 1. The van der Waals surface area contributed by atoms with E-state index in [1.54, 1.807) is 12.1 Å². The number of nitrogens with zero attached hydrogens (tertiary/aromatic N) is 1. The molecule has 2 rings (SSSR count). The van der Waals surface area contributed by atoms with E-state index in [0.29, 0.717) is 32.1 Å². The molecular weight excluding hydrogens is 486 g/mol. The summed E-state index contributed by atoms with van der Waals surface area (Å²) in [5.74, 6) is -0.487. The molecule has 1 unspecified atom stereocenters. The summed E-state index contributed by atoms with van der Waals surface area (Å²) in [5, 5.41) is 18.6. The Morgan fingerprint density at radius 2 is 1.69 bits per heavy atom. The third-order valence-corrected chi connectivity index (χ3v) is 4.13. The van der Waals surface area contributed by atoms with Crippen LogP contribution in [0.1, 0.15) is 28.8 Å². The van der Waals surface area contributed by atoms with E-state index in [0.717, 1.165) is 5.56 Å². The van der Waals surface area contributed by atoms with Gasteiger partial charge in [0, 0.05) is 25.6 Å². The second-order valence-electron chi connectivity index (χ2n) is 6.17. The molecule has 4 N–H and O–H groups in total. The fourth-order valence-electron chi connectivity index (χ4n) is 2.63. The summed E-state index contributed by atoms with van der Waals surface area (Å²) in [6, 6.07) is 15.6. The Hall–Kier alpha value is -2.20. The van der Waals surface area contributed by atoms with E-state index in [9.17, 15) is 14.3 Å². The number of carbonyl (C=O) groups excluding carboxylic acids is 1. The van der Waals surface area contributed by atoms with Gasteiger partial charge in [-0.15, -0.1) is 24.0 Å². The minimum atomic E-state index is -0.543. The molecule has 2 aromatic carbocycles. The number of nitrogens with one attached hydrogen (secondary N) is 3. The predicted molar refractivity (Wildman–Crippen MR) is 124 cm³/mol. The Kier molecular flexibility index (Phi) is 11.9. The van der Waals surface area contributed by atoms with Crippen molar-refractivity contribution in [3.05, 3.63) is 71.5 Å². The van der Waals surface area contributed by atoms with Gasteiger partial charge in [-0.05, 0) is 24.6 Å². The van der Waals surface area contributed by atoms with Gasteiger partial charge in [-0.2, -0.15) is 0 Å². The van der Waals surface area contributed by atoms with Crippen molar-refractivity contribution in [2.45, 2.75) is 12.8 Å². The number of aliphatic hydroxyl groups excluding tert-OH is 1. The first-order valence-electron chi connectivity index (χ1n) is 9.36. The normalized spacial score (nSPS) is 11.9. The average Bonchev–Trinajstić information content (AvgIpc) is 2.72. The molecule has 0 fully saturated rings. The smallest absolute Gasteiger partial charge is 0.254 e. The van der Waals surface area contributed by atoms with Crippen molar-refractivity contribution in [2.75, 3.05) is 32.8 Å². The van der Waals surface area contributed by atoms with E-state index >= 15 is 0 Å². The fourth-order valence-corrected chi connectivity index (χ4v) is 2.63. The van der Waals surface area contributed by atoms with Gasteiger partial charge in [-0.25, -0.2) is 4.39 Å². The van der Waals surface area contributed by atoms with Crippen molar-refractivity contribution < 1.29 is 14.3 Å². The second kappa shape index (κ2) is 13.9. The van der Waals surface area contributed by atoms with Crippen molar-refractivity contribution >= 4 is 35.8 Å². The van der Waals surface area contributed by atoms with Crippen molar-refractivity contribution in [1.29, 1.82) is 0 Å². The third-order valence-electron chi connectivity index (χ3n) is 4.13. The van der Waals surface area contributed by atoms with E-state index in [2.05, 4.69) is 20.9 Å². The number of carbonyl (C=O) groups is 1. The monoisotopic (exact) mass is 514 g/mol. The minimum Gasteiger partial charge on any atom is -0.396 e. The Morgan fingerprint density at radius 1 is 1.03 bits per heavy atom. The molecule has 0 radical (unpaired) electrons. The van der Waals surface area contributed by atoms with Crippen molar-refractivity contribution in [2.24, 2.45) is 4.99 Å². The van der Waals surface area contributed by atoms with Crippen LogP contribution in [-0.4, -0.2) is 49.8 Å². The summed E-state index contributed by atoms with van der Waals surface area (Å²) in [7, 11) is 0. The molecule has 0 saturated carbocycles. The number of hydrogen-bond donors (Lipinski definition) is 4. The molecule has 2 aromatic rings. The minimum absolute atomic E-state index is 0. The molecule has 0 aliphatic rings. The third kappa shape index (κ3) is 8.36. The van der Waals surface area contributed by atoms with Gasteiger partial charge in [0.2, 0.25) is 0 Å². The van der Waals surface area contributed by atoms with Crippen LogP contribution in [-0.2, 0) is 0 Å². The largest absolute Gasteiger partial charge is 0.396 e. The highest BCUT2D eigenvalue weighted by Crippen LogP contribution is 2.14. The van der Waals surface area contributed by atoms with Gasteiger partial charge < -0.3 is 21.1 Å². The summed E-state index contributed by atoms with van der Waals surface area (Å²) < 4.78 is 13.6. The maximum atomic E-state index is 13.6. The molecule has 0 aliphatic heterocycles. The van der Waals surface area contributed by atoms with Crippen LogP contribution in [0.2, 0.25) is 0 Å². The Balaban J connectivity index is 0.00000420. The molecule has 0 aliphatic carbocycles. The van der Waals surface area contributed by atoms with E-state index in [1.807, 2.05) is 37.3 Å². The molecule has 1 atom stereocenters. The molecule has 29 heavy (non-hydrogen) atoms. The first-order valence-corrected chi connectivity index (χ1v) is 9.36. The lowest BCUT2D eigenvalue weighted by Crippen LogP contribution is -2.41. The number of amides is 1. The van der Waals surface area contributed by atoms with Crippen LogP contribution < -0.4 is 16.0 Å². The van der Waals surface area contributed by atoms with Crippen LogP contribution in [0.15, 0.2) is 59.6 Å². The number of hydrogen-bond acceptors (Lipinski definition) is 3. The molecular formula is C21H28FIN4O2. The highest BCUT2D eigenvalue weighted by atomic mass is 127. The number of rotatable bonds is 9. The summed E-state index contributed by atoms with van der Waals surface area (Å²) >= 11 is 0. The fraction of sp³-hybridized carbons (Fsp3) is 0.333. The maximum Gasteiger partial charge on any atom is 0.254 e. The molecule has 1 amide bonds. The molecule has 0 spiro atoms.